The Labute approximate surface area is 126 Å². The number of nitrogens with one attached hydrogen (secondary N) is 1. The van der Waals surface area contributed by atoms with Gasteiger partial charge in [0.1, 0.15) is 0 Å². The minimum atomic E-state index is 0.392. The molecule has 0 aromatic rings. The number of rotatable bonds is 5. The third kappa shape index (κ3) is 4.46. The monoisotopic (exact) mass is 280 g/mol. The van der Waals surface area contributed by atoms with Crippen LogP contribution in [-0.4, -0.2) is 36.6 Å². The molecular weight excluding hydrogens is 244 g/mol. The van der Waals surface area contributed by atoms with Gasteiger partial charge in [-0.15, -0.1) is 0 Å². The van der Waals surface area contributed by atoms with Crippen molar-refractivity contribution in [3.63, 3.8) is 0 Å². The normalized spacial score (nSPS) is 31.1. The van der Waals surface area contributed by atoms with E-state index in [-0.39, 0.29) is 0 Å². The molecule has 20 heavy (non-hydrogen) atoms. The highest BCUT2D eigenvalue weighted by molar-refractivity contribution is 4.90. The third-order valence-corrected chi connectivity index (χ3v) is 5.47. The Balaban J connectivity index is 1.88. The molecule has 1 aliphatic heterocycles. The van der Waals surface area contributed by atoms with Gasteiger partial charge in [0, 0.05) is 31.7 Å². The van der Waals surface area contributed by atoms with E-state index in [2.05, 4.69) is 44.8 Å². The summed E-state index contributed by atoms with van der Waals surface area (Å²) in [5, 5.41) is 3.84. The molecule has 0 spiro atoms. The molecule has 3 unspecified atom stereocenters. The summed E-state index contributed by atoms with van der Waals surface area (Å²) in [7, 11) is 0. The van der Waals surface area contributed by atoms with Crippen molar-refractivity contribution in [2.24, 2.45) is 17.3 Å². The van der Waals surface area contributed by atoms with Crippen molar-refractivity contribution in [2.75, 3.05) is 19.6 Å². The van der Waals surface area contributed by atoms with Crippen LogP contribution < -0.4 is 5.32 Å². The highest BCUT2D eigenvalue weighted by atomic mass is 15.2. The standard InChI is InChI=1S/C18H36N2/c1-6-15-10-17(19-13-18(3,4)5)12-20(11-15)14(2)16-8-7-9-16/h14-17,19H,6-13H2,1-5H3. The summed E-state index contributed by atoms with van der Waals surface area (Å²) in [5.41, 5.74) is 0.392. The molecule has 2 fully saturated rings. The molecule has 3 atom stereocenters. The molecule has 2 heteroatoms. The molecule has 0 aromatic heterocycles. The average Bonchev–Trinajstić information content (AvgIpc) is 2.33. The third-order valence-electron chi connectivity index (χ3n) is 5.47. The minimum absolute atomic E-state index is 0.392. The molecule has 1 heterocycles. The van der Waals surface area contributed by atoms with E-state index in [0.717, 1.165) is 24.4 Å². The molecule has 1 aliphatic carbocycles. The fraction of sp³-hybridized carbons (Fsp3) is 1.00. The van der Waals surface area contributed by atoms with Crippen molar-refractivity contribution in [2.45, 2.75) is 78.8 Å². The zero-order chi connectivity index (χ0) is 14.8. The van der Waals surface area contributed by atoms with Gasteiger partial charge in [-0.3, -0.25) is 4.90 Å². The maximum absolute atomic E-state index is 3.84. The lowest BCUT2D eigenvalue weighted by Gasteiger charge is -2.46. The summed E-state index contributed by atoms with van der Waals surface area (Å²) in [6, 6.07) is 1.51. The van der Waals surface area contributed by atoms with Crippen molar-refractivity contribution in [3.8, 4) is 0 Å². The van der Waals surface area contributed by atoms with Gasteiger partial charge >= 0.3 is 0 Å². The van der Waals surface area contributed by atoms with E-state index in [1.807, 2.05) is 0 Å². The molecule has 1 N–H and O–H groups in total. The van der Waals surface area contributed by atoms with Gasteiger partial charge in [0.25, 0.3) is 0 Å². The van der Waals surface area contributed by atoms with Crippen LogP contribution in [0, 0.1) is 17.3 Å². The summed E-state index contributed by atoms with van der Waals surface area (Å²) >= 11 is 0. The van der Waals surface area contributed by atoms with Gasteiger partial charge in [0.2, 0.25) is 0 Å². The molecule has 2 rings (SSSR count). The largest absolute Gasteiger partial charge is 0.312 e. The summed E-state index contributed by atoms with van der Waals surface area (Å²) in [4.78, 5) is 2.79. The SMILES string of the molecule is CCC1CC(NCC(C)(C)C)CN(C(C)C2CCC2)C1. The summed E-state index contributed by atoms with van der Waals surface area (Å²) in [6.45, 7) is 15.6. The number of likely N-dealkylation sites (tertiary alicyclic amines) is 1. The van der Waals surface area contributed by atoms with Crippen LogP contribution in [0.4, 0.5) is 0 Å². The minimum Gasteiger partial charge on any atom is -0.312 e. The summed E-state index contributed by atoms with van der Waals surface area (Å²) in [5.74, 6) is 1.87. The van der Waals surface area contributed by atoms with E-state index in [0.29, 0.717) is 11.5 Å². The Morgan fingerprint density at radius 2 is 1.90 bits per heavy atom. The average molecular weight is 281 g/mol. The van der Waals surface area contributed by atoms with Gasteiger partial charge in [0.15, 0.2) is 0 Å². The van der Waals surface area contributed by atoms with Gasteiger partial charge in [0.05, 0.1) is 0 Å². The Bertz CT molecular complexity index is 290. The van der Waals surface area contributed by atoms with Gasteiger partial charge in [-0.2, -0.15) is 0 Å². The summed E-state index contributed by atoms with van der Waals surface area (Å²) < 4.78 is 0. The smallest absolute Gasteiger partial charge is 0.0198 e. The van der Waals surface area contributed by atoms with Gasteiger partial charge in [-0.05, 0) is 43.4 Å². The first-order valence-corrected chi connectivity index (χ1v) is 8.86. The molecule has 0 amide bonds. The molecule has 1 saturated heterocycles. The lowest BCUT2D eigenvalue weighted by atomic mass is 9.78. The van der Waals surface area contributed by atoms with Crippen molar-refractivity contribution in [1.29, 1.82) is 0 Å². The second-order valence-electron chi connectivity index (χ2n) is 8.53. The lowest BCUT2D eigenvalue weighted by Crippen LogP contribution is -2.55. The first kappa shape index (κ1) is 16.3. The molecule has 0 aromatic carbocycles. The number of piperidine rings is 1. The molecule has 1 saturated carbocycles. The molecule has 0 bridgehead atoms. The lowest BCUT2D eigenvalue weighted by molar-refractivity contribution is 0.0489. The van der Waals surface area contributed by atoms with Crippen LogP contribution in [0.2, 0.25) is 0 Å². The van der Waals surface area contributed by atoms with Crippen LogP contribution in [0.25, 0.3) is 0 Å². The Morgan fingerprint density at radius 3 is 2.40 bits per heavy atom. The fourth-order valence-corrected chi connectivity index (χ4v) is 3.69. The zero-order valence-corrected chi connectivity index (χ0v) is 14.4. The summed E-state index contributed by atoms with van der Waals surface area (Å²) in [6.07, 6.45) is 7.11. The molecule has 2 nitrogen and oxygen atoms in total. The van der Waals surface area contributed by atoms with E-state index in [1.54, 1.807) is 0 Å². The molecule has 0 radical (unpaired) electrons. The first-order valence-electron chi connectivity index (χ1n) is 8.86. The van der Waals surface area contributed by atoms with Crippen LogP contribution in [0.1, 0.15) is 66.7 Å². The topological polar surface area (TPSA) is 15.3 Å². The Hall–Kier alpha value is -0.0800. The van der Waals surface area contributed by atoms with E-state index in [4.69, 9.17) is 0 Å². The fourth-order valence-electron chi connectivity index (χ4n) is 3.69. The van der Waals surface area contributed by atoms with Gasteiger partial charge < -0.3 is 5.32 Å². The van der Waals surface area contributed by atoms with Crippen LogP contribution in [-0.2, 0) is 0 Å². The highest BCUT2D eigenvalue weighted by Crippen LogP contribution is 2.34. The van der Waals surface area contributed by atoms with E-state index in [9.17, 15) is 0 Å². The quantitative estimate of drug-likeness (QED) is 0.821. The van der Waals surface area contributed by atoms with Crippen molar-refractivity contribution in [1.82, 2.24) is 10.2 Å². The first-order chi connectivity index (χ1) is 9.39. The Kier molecular flexibility index (Phi) is 5.53. The molecule has 118 valence electrons. The van der Waals surface area contributed by atoms with E-state index < -0.39 is 0 Å². The zero-order valence-electron chi connectivity index (χ0n) is 14.4. The van der Waals surface area contributed by atoms with Crippen LogP contribution >= 0.6 is 0 Å². The predicted octanol–water partition coefficient (Wildman–Crippen LogP) is 3.91. The Morgan fingerprint density at radius 1 is 1.20 bits per heavy atom. The van der Waals surface area contributed by atoms with Gasteiger partial charge in [-0.1, -0.05) is 40.5 Å². The van der Waals surface area contributed by atoms with Crippen LogP contribution in [0.15, 0.2) is 0 Å². The molecule has 2 aliphatic rings. The number of nitrogens with zero attached hydrogens (tertiary/aromatic N) is 1. The van der Waals surface area contributed by atoms with Gasteiger partial charge in [-0.25, -0.2) is 0 Å². The van der Waals surface area contributed by atoms with Crippen molar-refractivity contribution in [3.05, 3.63) is 0 Å². The predicted molar refractivity (Wildman–Crippen MR) is 88.0 cm³/mol. The van der Waals surface area contributed by atoms with Crippen molar-refractivity contribution < 1.29 is 0 Å². The van der Waals surface area contributed by atoms with Crippen LogP contribution in [0.5, 0.6) is 0 Å². The second kappa shape index (κ2) is 6.79. The van der Waals surface area contributed by atoms with Crippen molar-refractivity contribution >= 4 is 0 Å². The van der Waals surface area contributed by atoms with Crippen LogP contribution in [0.3, 0.4) is 0 Å². The number of hydrogen-bond donors (Lipinski definition) is 1. The highest BCUT2D eigenvalue weighted by Gasteiger charge is 2.34. The second-order valence-corrected chi connectivity index (χ2v) is 8.53. The number of hydrogen-bond acceptors (Lipinski definition) is 2. The van der Waals surface area contributed by atoms with E-state index >= 15 is 0 Å². The maximum atomic E-state index is 3.84. The maximum Gasteiger partial charge on any atom is 0.0198 e. The van der Waals surface area contributed by atoms with E-state index in [1.165, 1.54) is 45.2 Å². The molecular formula is C18H36N2.